The Balaban J connectivity index is 1.73. The maximum absolute atomic E-state index is 11.9. The molecule has 128 valence electrons. The van der Waals surface area contributed by atoms with Crippen molar-refractivity contribution >= 4 is 6.16 Å². The number of benzene rings is 2. The van der Waals surface area contributed by atoms with Crippen molar-refractivity contribution in [2.45, 2.75) is 45.4 Å². The van der Waals surface area contributed by atoms with E-state index in [0.29, 0.717) is 12.4 Å². The molecule has 0 aromatic heterocycles. The number of carbonyl (C=O) groups is 1. The van der Waals surface area contributed by atoms with Crippen molar-refractivity contribution in [1.82, 2.24) is 0 Å². The minimum atomic E-state index is -0.619. The Morgan fingerprint density at radius 3 is 2.42 bits per heavy atom. The zero-order chi connectivity index (χ0) is 17.0. The molecule has 0 fully saturated rings. The lowest BCUT2D eigenvalue weighted by Gasteiger charge is -2.10. The highest BCUT2D eigenvalue weighted by atomic mass is 16.7. The average molecular weight is 326 g/mol. The number of hydrogen-bond acceptors (Lipinski definition) is 3. The standard InChI is InChI=1S/C21H26O3/c1-2-3-5-14-19-15-8-9-16-20(19)24-21(22)23-17-10-13-18-11-6-4-7-12-18/h4,6-9,11-12,15-16H,2-3,5,10,13-14,17H2,1H3. The van der Waals surface area contributed by atoms with Crippen molar-refractivity contribution < 1.29 is 14.3 Å². The van der Waals surface area contributed by atoms with Crippen LogP contribution in [0.15, 0.2) is 54.6 Å². The summed E-state index contributed by atoms with van der Waals surface area (Å²) in [6, 6.07) is 17.9. The van der Waals surface area contributed by atoms with Crippen molar-refractivity contribution in [3.05, 3.63) is 65.7 Å². The van der Waals surface area contributed by atoms with Crippen LogP contribution in [0.2, 0.25) is 0 Å². The molecule has 2 rings (SSSR count). The van der Waals surface area contributed by atoms with Crippen LogP contribution in [0.1, 0.15) is 43.7 Å². The highest BCUT2D eigenvalue weighted by molar-refractivity contribution is 5.64. The van der Waals surface area contributed by atoms with E-state index in [2.05, 4.69) is 19.1 Å². The molecule has 0 aliphatic rings. The Kier molecular flexibility index (Phi) is 7.88. The largest absolute Gasteiger partial charge is 0.513 e. The fourth-order valence-corrected chi connectivity index (χ4v) is 2.57. The fraction of sp³-hybridized carbons (Fsp3) is 0.381. The van der Waals surface area contributed by atoms with Crippen LogP contribution in [0.5, 0.6) is 5.75 Å². The summed E-state index contributed by atoms with van der Waals surface area (Å²) in [4.78, 5) is 11.9. The summed E-state index contributed by atoms with van der Waals surface area (Å²) in [5.74, 6) is 0.613. The van der Waals surface area contributed by atoms with Crippen molar-refractivity contribution in [2.75, 3.05) is 6.61 Å². The molecule has 0 saturated carbocycles. The van der Waals surface area contributed by atoms with Crippen molar-refractivity contribution in [2.24, 2.45) is 0 Å². The fourth-order valence-electron chi connectivity index (χ4n) is 2.57. The Bertz CT molecular complexity index is 607. The lowest BCUT2D eigenvalue weighted by molar-refractivity contribution is 0.0977. The minimum Gasteiger partial charge on any atom is -0.434 e. The van der Waals surface area contributed by atoms with Crippen molar-refractivity contribution in [3.8, 4) is 5.75 Å². The molecule has 3 nitrogen and oxygen atoms in total. The molecule has 0 aliphatic carbocycles. The van der Waals surface area contributed by atoms with Crippen LogP contribution in [-0.4, -0.2) is 12.8 Å². The zero-order valence-electron chi connectivity index (χ0n) is 14.4. The van der Waals surface area contributed by atoms with Gasteiger partial charge in [0.05, 0.1) is 6.61 Å². The van der Waals surface area contributed by atoms with Gasteiger partial charge in [-0.1, -0.05) is 68.3 Å². The first kappa shape index (κ1) is 18.1. The van der Waals surface area contributed by atoms with Gasteiger partial charge in [0.2, 0.25) is 0 Å². The summed E-state index contributed by atoms with van der Waals surface area (Å²) in [7, 11) is 0. The van der Waals surface area contributed by atoms with Gasteiger partial charge in [0.25, 0.3) is 0 Å². The second-order valence-electron chi connectivity index (χ2n) is 5.85. The summed E-state index contributed by atoms with van der Waals surface area (Å²) in [6.07, 6.45) is 5.43. The number of unbranched alkanes of at least 4 members (excludes halogenated alkanes) is 2. The van der Waals surface area contributed by atoms with Gasteiger partial charge in [-0.2, -0.15) is 0 Å². The number of ether oxygens (including phenoxy) is 2. The molecule has 0 radical (unpaired) electrons. The lowest BCUT2D eigenvalue weighted by atomic mass is 10.1. The van der Waals surface area contributed by atoms with E-state index >= 15 is 0 Å². The van der Waals surface area contributed by atoms with Gasteiger partial charge in [-0.05, 0) is 42.9 Å². The van der Waals surface area contributed by atoms with Gasteiger partial charge in [-0.3, -0.25) is 0 Å². The molecule has 0 amide bonds. The first-order valence-electron chi connectivity index (χ1n) is 8.76. The van der Waals surface area contributed by atoms with Gasteiger partial charge in [-0.15, -0.1) is 0 Å². The molecular formula is C21H26O3. The van der Waals surface area contributed by atoms with Gasteiger partial charge in [-0.25, -0.2) is 4.79 Å². The summed E-state index contributed by atoms with van der Waals surface area (Å²) in [5, 5.41) is 0. The predicted molar refractivity (Wildman–Crippen MR) is 96.4 cm³/mol. The maximum Gasteiger partial charge on any atom is 0.513 e. The van der Waals surface area contributed by atoms with E-state index in [4.69, 9.17) is 9.47 Å². The maximum atomic E-state index is 11.9. The molecule has 3 heteroatoms. The average Bonchev–Trinajstić information content (AvgIpc) is 2.61. The van der Waals surface area contributed by atoms with E-state index in [1.165, 1.54) is 18.4 Å². The first-order chi connectivity index (χ1) is 11.8. The first-order valence-corrected chi connectivity index (χ1v) is 8.76. The number of carbonyl (C=O) groups excluding carboxylic acids is 1. The molecule has 0 spiro atoms. The monoisotopic (exact) mass is 326 g/mol. The molecule has 0 atom stereocenters. The Morgan fingerprint density at radius 2 is 1.62 bits per heavy atom. The number of rotatable bonds is 9. The quantitative estimate of drug-likeness (QED) is 0.343. The van der Waals surface area contributed by atoms with Crippen LogP contribution in [0.4, 0.5) is 4.79 Å². The van der Waals surface area contributed by atoms with E-state index < -0.39 is 6.16 Å². The Hall–Kier alpha value is -2.29. The van der Waals surface area contributed by atoms with Gasteiger partial charge in [0, 0.05) is 0 Å². The molecular weight excluding hydrogens is 300 g/mol. The second-order valence-corrected chi connectivity index (χ2v) is 5.85. The normalized spacial score (nSPS) is 10.4. The molecule has 0 aliphatic heterocycles. The van der Waals surface area contributed by atoms with Gasteiger partial charge in [0.15, 0.2) is 0 Å². The van der Waals surface area contributed by atoms with Crippen LogP contribution < -0.4 is 4.74 Å². The lowest BCUT2D eigenvalue weighted by Crippen LogP contribution is -2.13. The third kappa shape index (κ3) is 6.45. The predicted octanol–water partition coefficient (Wildman–Crippen LogP) is 5.57. The SMILES string of the molecule is CCCCCc1ccccc1OC(=O)OCCCc1ccccc1. The van der Waals surface area contributed by atoms with E-state index in [1.54, 1.807) is 0 Å². The number of hydrogen-bond donors (Lipinski definition) is 0. The summed E-state index contributed by atoms with van der Waals surface area (Å²) < 4.78 is 10.6. The van der Waals surface area contributed by atoms with Gasteiger partial charge in [0.1, 0.15) is 5.75 Å². The van der Waals surface area contributed by atoms with Crippen LogP contribution >= 0.6 is 0 Å². The molecule has 24 heavy (non-hydrogen) atoms. The van der Waals surface area contributed by atoms with Crippen LogP contribution in [0, 0.1) is 0 Å². The molecule has 0 saturated heterocycles. The molecule has 0 N–H and O–H groups in total. The summed E-state index contributed by atoms with van der Waals surface area (Å²) in [5.41, 5.74) is 2.31. The number of aryl methyl sites for hydroxylation is 2. The highest BCUT2D eigenvalue weighted by Gasteiger charge is 2.09. The van der Waals surface area contributed by atoms with Crippen molar-refractivity contribution in [1.29, 1.82) is 0 Å². The van der Waals surface area contributed by atoms with Crippen LogP contribution in [-0.2, 0) is 17.6 Å². The second kappa shape index (κ2) is 10.5. The highest BCUT2D eigenvalue weighted by Crippen LogP contribution is 2.21. The Labute approximate surface area is 144 Å². The molecule has 0 heterocycles. The third-order valence-corrected chi connectivity index (χ3v) is 3.89. The molecule has 0 unspecified atom stereocenters. The molecule has 2 aromatic carbocycles. The third-order valence-electron chi connectivity index (χ3n) is 3.89. The van der Waals surface area contributed by atoms with E-state index in [0.717, 1.165) is 31.2 Å². The topological polar surface area (TPSA) is 35.5 Å². The Morgan fingerprint density at radius 1 is 0.875 bits per heavy atom. The van der Waals surface area contributed by atoms with Crippen LogP contribution in [0.25, 0.3) is 0 Å². The summed E-state index contributed by atoms with van der Waals surface area (Å²) in [6.45, 7) is 2.54. The minimum absolute atomic E-state index is 0.367. The van der Waals surface area contributed by atoms with E-state index in [9.17, 15) is 4.79 Å². The molecule has 0 bridgehead atoms. The van der Waals surface area contributed by atoms with Gasteiger partial charge >= 0.3 is 6.16 Å². The van der Waals surface area contributed by atoms with E-state index in [1.807, 2.05) is 42.5 Å². The summed E-state index contributed by atoms with van der Waals surface area (Å²) >= 11 is 0. The zero-order valence-corrected chi connectivity index (χ0v) is 14.4. The van der Waals surface area contributed by atoms with Crippen molar-refractivity contribution in [3.63, 3.8) is 0 Å². The van der Waals surface area contributed by atoms with Crippen LogP contribution in [0.3, 0.4) is 0 Å². The van der Waals surface area contributed by atoms with Gasteiger partial charge < -0.3 is 9.47 Å². The van der Waals surface area contributed by atoms with E-state index in [-0.39, 0.29) is 0 Å². The molecule has 2 aromatic rings. The smallest absolute Gasteiger partial charge is 0.434 e. The number of para-hydroxylation sites is 1.